The number of rotatable bonds is 4. The van der Waals surface area contributed by atoms with Crippen molar-refractivity contribution in [2.24, 2.45) is 5.73 Å². The summed E-state index contributed by atoms with van der Waals surface area (Å²) in [6, 6.07) is -1.06. The predicted octanol–water partition coefficient (Wildman–Crippen LogP) is -0.721. The maximum absolute atomic E-state index is 11.2. The average molecular weight is 216 g/mol. The van der Waals surface area contributed by atoms with Crippen molar-refractivity contribution < 1.29 is 14.7 Å². The normalized spacial score (nSPS) is 12.1. The molecule has 1 aromatic rings. The first-order valence-electron chi connectivity index (χ1n) is 3.65. The van der Waals surface area contributed by atoms with E-state index in [-0.39, 0.29) is 0 Å². The summed E-state index contributed by atoms with van der Waals surface area (Å²) in [4.78, 5) is 21.4. The van der Waals surface area contributed by atoms with Gasteiger partial charge in [0.1, 0.15) is 5.00 Å². The first-order valence-corrected chi connectivity index (χ1v) is 4.42. The molecule has 1 aromatic heterocycles. The molecule has 0 spiro atoms. The zero-order chi connectivity index (χ0) is 10.6. The molecular weight excluding hydrogens is 208 g/mol. The molecule has 1 amide bonds. The quantitative estimate of drug-likeness (QED) is 0.611. The zero-order valence-electron chi connectivity index (χ0n) is 7.01. The van der Waals surface area contributed by atoms with E-state index in [1.165, 1.54) is 6.20 Å². The zero-order valence-corrected chi connectivity index (χ0v) is 7.82. The van der Waals surface area contributed by atoms with Gasteiger partial charge in [-0.05, 0) is 0 Å². The number of aliphatic carboxylic acids is 1. The number of hydrogen-bond donors (Lipinski definition) is 3. The lowest BCUT2D eigenvalue weighted by Crippen LogP contribution is -2.37. The topological polar surface area (TPSA) is 118 Å². The molecule has 0 saturated carbocycles. The molecule has 14 heavy (non-hydrogen) atoms. The van der Waals surface area contributed by atoms with Crippen LogP contribution in [0.5, 0.6) is 0 Å². The van der Waals surface area contributed by atoms with Crippen molar-refractivity contribution in [3.8, 4) is 0 Å². The highest BCUT2D eigenvalue weighted by atomic mass is 32.1. The first kappa shape index (κ1) is 10.5. The van der Waals surface area contributed by atoms with Crippen molar-refractivity contribution >= 4 is 28.4 Å². The minimum Gasteiger partial charge on any atom is -0.481 e. The van der Waals surface area contributed by atoms with Gasteiger partial charge in [0.15, 0.2) is 0 Å². The molecule has 1 unspecified atom stereocenters. The van der Waals surface area contributed by atoms with Gasteiger partial charge >= 0.3 is 5.97 Å². The molecule has 0 saturated heterocycles. The second kappa shape index (κ2) is 4.63. The first-order chi connectivity index (χ1) is 6.59. The summed E-state index contributed by atoms with van der Waals surface area (Å²) < 4.78 is 3.52. The van der Waals surface area contributed by atoms with E-state index in [0.717, 1.165) is 11.5 Å². The Balaban J connectivity index is 2.46. The van der Waals surface area contributed by atoms with Gasteiger partial charge in [-0.15, -0.1) is 5.10 Å². The Morgan fingerprint density at radius 1 is 1.71 bits per heavy atom. The molecule has 0 aliphatic carbocycles. The molecule has 76 valence electrons. The Morgan fingerprint density at radius 2 is 2.43 bits per heavy atom. The fraction of sp³-hybridized carbons (Fsp3) is 0.333. The summed E-state index contributed by atoms with van der Waals surface area (Å²) >= 11 is 0.992. The van der Waals surface area contributed by atoms with Crippen LogP contribution in [0.4, 0.5) is 5.00 Å². The fourth-order valence-corrected chi connectivity index (χ4v) is 1.14. The van der Waals surface area contributed by atoms with E-state index >= 15 is 0 Å². The number of nitrogens with two attached hydrogens (primary N) is 1. The monoisotopic (exact) mass is 216 g/mol. The number of carboxylic acid groups (broad SMARTS) is 1. The molecule has 1 rings (SSSR count). The maximum atomic E-state index is 11.2. The van der Waals surface area contributed by atoms with Crippen molar-refractivity contribution in [1.29, 1.82) is 0 Å². The Labute approximate surface area is 83.1 Å². The molecule has 4 N–H and O–H groups in total. The van der Waals surface area contributed by atoms with E-state index in [2.05, 4.69) is 14.9 Å². The third-order valence-corrected chi connectivity index (χ3v) is 1.92. The van der Waals surface area contributed by atoms with E-state index in [4.69, 9.17) is 10.8 Å². The highest BCUT2D eigenvalue weighted by molar-refractivity contribution is 7.10. The van der Waals surface area contributed by atoms with Gasteiger partial charge in [-0.2, -0.15) is 0 Å². The fourth-order valence-electron chi connectivity index (χ4n) is 0.717. The van der Waals surface area contributed by atoms with Crippen molar-refractivity contribution in [3.05, 3.63) is 6.20 Å². The number of nitrogens with zero attached hydrogens (tertiary/aromatic N) is 2. The van der Waals surface area contributed by atoms with Crippen LogP contribution in [-0.2, 0) is 9.59 Å². The van der Waals surface area contributed by atoms with Gasteiger partial charge in [0, 0.05) is 11.5 Å². The van der Waals surface area contributed by atoms with Gasteiger partial charge in [0.25, 0.3) is 0 Å². The molecule has 0 bridgehead atoms. The van der Waals surface area contributed by atoms with E-state index in [1.54, 1.807) is 0 Å². The third kappa shape index (κ3) is 3.07. The maximum Gasteiger partial charge on any atom is 0.305 e. The number of carbonyl (C=O) groups is 2. The summed E-state index contributed by atoms with van der Waals surface area (Å²) in [5.74, 6) is -1.67. The van der Waals surface area contributed by atoms with Crippen LogP contribution >= 0.6 is 11.5 Å². The van der Waals surface area contributed by atoms with Crippen LogP contribution in [-0.4, -0.2) is 32.6 Å². The number of anilines is 1. The Bertz CT molecular complexity index is 326. The Hall–Kier alpha value is -1.54. The van der Waals surface area contributed by atoms with Crippen LogP contribution in [0.15, 0.2) is 6.20 Å². The number of nitrogens with one attached hydrogen (secondary N) is 1. The van der Waals surface area contributed by atoms with Crippen LogP contribution in [0.2, 0.25) is 0 Å². The number of carboxylic acids is 1. The van der Waals surface area contributed by atoms with Gasteiger partial charge in [-0.1, -0.05) is 4.49 Å². The Morgan fingerprint density at radius 3 is 2.93 bits per heavy atom. The third-order valence-electron chi connectivity index (χ3n) is 1.34. The van der Waals surface area contributed by atoms with Crippen LogP contribution in [0, 0.1) is 0 Å². The van der Waals surface area contributed by atoms with Crippen molar-refractivity contribution in [3.63, 3.8) is 0 Å². The second-order valence-electron chi connectivity index (χ2n) is 2.48. The van der Waals surface area contributed by atoms with E-state index in [0.29, 0.717) is 5.00 Å². The molecule has 1 heterocycles. The van der Waals surface area contributed by atoms with Crippen LogP contribution in [0.3, 0.4) is 0 Å². The number of carbonyl (C=O) groups excluding carboxylic acids is 1. The highest BCUT2D eigenvalue weighted by Crippen LogP contribution is 2.09. The van der Waals surface area contributed by atoms with Crippen LogP contribution in [0.1, 0.15) is 6.42 Å². The van der Waals surface area contributed by atoms with Crippen molar-refractivity contribution in [2.45, 2.75) is 12.5 Å². The van der Waals surface area contributed by atoms with E-state index < -0.39 is 24.3 Å². The molecule has 1 atom stereocenters. The summed E-state index contributed by atoms with van der Waals surface area (Å²) in [5, 5.41) is 14.7. The molecule has 0 aromatic carbocycles. The minimum atomic E-state index is -1.12. The van der Waals surface area contributed by atoms with Crippen LogP contribution < -0.4 is 11.1 Å². The predicted molar refractivity (Wildman–Crippen MR) is 48.8 cm³/mol. The van der Waals surface area contributed by atoms with Gasteiger partial charge in [0.2, 0.25) is 5.91 Å². The van der Waals surface area contributed by atoms with E-state index in [1.807, 2.05) is 0 Å². The smallest absolute Gasteiger partial charge is 0.305 e. The second-order valence-corrected chi connectivity index (χ2v) is 3.26. The summed E-state index contributed by atoms with van der Waals surface area (Å²) in [6.07, 6.45) is 0.952. The number of amides is 1. The standard InChI is InChI=1S/C6H8N4O3S/c7-3(1-5(11)12)6(13)9-4-2-8-10-14-4/h2-3H,1,7H2,(H,9,13)(H,11,12). The highest BCUT2D eigenvalue weighted by Gasteiger charge is 2.17. The number of aromatic nitrogens is 2. The largest absolute Gasteiger partial charge is 0.481 e. The summed E-state index contributed by atoms with van der Waals surface area (Å²) in [5.41, 5.74) is 5.31. The summed E-state index contributed by atoms with van der Waals surface area (Å²) in [6.45, 7) is 0. The van der Waals surface area contributed by atoms with Crippen molar-refractivity contribution in [1.82, 2.24) is 9.59 Å². The summed E-state index contributed by atoms with van der Waals surface area (Å²) in [7, 11) is 0. The lowest BCUT2D eigenvalue weighted by molar-refractivity contribution is -0.138. The van der Waals surface area contributed by atoms with Crippen molar-refractivity contribution in [2.75, 3.05) is 5.32 Å². The van der Waals surface area contributed by atoms with Gasteiger partial charge in [-0.25, -0.2) is 0 Å². The lowest BCUT2D eigenvalue weighted by Gasteiger charge is -2.07. The Kier molecular flexibility index (Phi) is 3.48. The van der Waals surface area contributed by atoms with Gasteiger partial charge in [-0.3, -0.25) is 9.59 Å². The molecule has 8 heteroatoms. The molecular formula is C6H8N4O3S. The molecule has 7 nitrogen and oxygen atoms in total. The lowest BCUT2D eigenvalue weighted by atomic mass is 10.2. The SMILES string of the molecule is NC(CC(=O)O)C(=O)Nc1cnns1. The van der Waals surface area contributed by atoms with Gasteiger partial charge < -0.3 is 16.2 Å². The molecule has 0 fully saturated rings. The van der Waals surface area contributed by atoms with E-state index in [9.17, 15) is 9.59 Å². The minimum absolute atomic E-state index is 0.405. The van der Waals surface area contributed by atoms with Gasteiger partial charge in [0.05, 0.1) is 18.7 Å². The molecule has 0 aliphatic rings. The average Bonchev–Trinajstić information content (AvgIpc) is 2.55. The van der Waals surface area contributed by atoms with Crippen LogP contribution in [0.25, 0.3) is 0 Å². The number of hydrogen-bond acceptors (Lipinski definition) is 6. The molecule has 0 radical (unpaired) electrons. The molecule has 0 aliphatic heterocycles.